The van der Waals surface area contributed by atoms with Crippen LogP contribution in [0.1, 0.15) is 32.3 Å². The summed E-state index contributed by atoms with van der Waals surface area (Å²) in [6.07, 6.45) is 3.89. The molecule has 0 unspecified atom stereocenters. The molecule has 3 aromatic rings. The Morgan fingerprint density at radius 2 is 1.66 bits per heavy atom. The van der Waals surface area contributed by atoms with E-state index in [2.05, 4.69) is 67.5 Å². The SMILES string of the molecule is Cc1cc(N2CCC(N3CCN(C)CC3)CC2)ccc1Nc1ncc(Cl)c(Nc2ccccc2S(=O)(=O)C(C)C)n1. The number of likely N-dealkylation sites (N-methyl/N-ethyl adjacent to an activating group) is 1. The number of hydrogen-bond donors (Lipinski definition) is 2. The molecule has 0 aliphatic carbocycles. The number of piperazine rings is 1. The summed E-state index contributed by atoms with van der Waals surface area (Å²) in [5.74, 6) is 0.693. The summed E-state index contributed by atoms with van der Waals surface area (Å²) in [6.45, 7) is 12.2. The zero-order chi connectivity index (χ0) is 29.1. The van der Waals surface area contributed by atoms with Gasteiger partial charge in [0.15, 0.2) is 15.7 Å². The third kappa shape index (κ3) is 6.77. The highest BCUT2D eigenvalue weighted by molar-refractivity contribution is 7.92. The summed E-state index contributed by atoms with van der Waals surface area (Å²) in [6, 6.07) is 13.9. The molecule has 0 saturated carbocycles. The molecule has 1 aromatic heterocycles. The largest absolute Gasteiger partial charge is 0.371 e. The topological polar surface area (TPSA) is 93.7 Å². The minimum Gasteiger partial charge on any atom is -0.371 e. The van der Waals surface area contributed by atoms with E-state index in [4.69, 9.17) is 11.6 Å². The van der Waals surface area contributed by atoms with Gasteiger partial charge in [0.2, 0.25) is 5.95 Å². The molecule has 2 aliphatic heterocycles. The summed E-state index contributed by atoms with van der Waals surface area (Å²) in [5.41, 5.74) is 3.64. The van der Waals surface area contributed by atoms with E-state index in [0.29, 0.717) is 28.5 Å². The highest BCUT2D eigenvalue weighted by Crippen LogP contribution is 2.32. The van der Waals surface area contributed by atoms with Crippen LogP contribution in [0.25, 0.3) is 0 Å². The molecule has 2 saturated heterocycles. The van der Waals surface area contributed by atoms with Crippen molar-refractivity contribution in [3.8, 4) is 0 Å². The highest BCUT2D eigenvalue weighted by Gasteiger charge is 2.27. The Bertz CT molecular complexity index is 1470. The first kappa shape index (κ1) is 29.6. The van der Waals surface area contributed by atoms with E-state index in [9.17, 15) is 8.42 Å². The van der Waals surface area contributed by atoms with Crippen LogP contribution < -0.4 is 15.5 Å². The zero-order valence-electron chi connectivity index (χ0n) is 24.3. The summed E-state index contributed by atoms with van der Waals surface area (Å²) in [5, 5.41) is 6.15. The van der Waals surface area contributed by atoms with Gasteiger partial charge in [0, 0.05) is 56.7 Å². The number of halogens is 1. The maximum absolute atomic E-state index is 12.9. The molecular formula is C30H40ClN7O2S. The van der Waals surface area contributed by atoms with Gasteiger partial charge in [0.25, 0.3) is 0 Å². The fraction of sp³-hybridized carbons (Fsp3) is 0.467. The molecule has 2 aromatic carbocycles. The number of nitrogens with zero attached hydrogens (tertiary/aromatic N) is 5. The normalized spacial score (nSPS) is 17.7. The lowest BCUT2D eigenvalue weighted by Crippen LogP contribution is -2.52. The van der Waals surface area contributed by atoms with Crippen LogP contribution in [0.4, 0.5) is 28.8 Å². The van der Waals surface area contributed by atoms with Crippen molar-refractivity contribution >= 4 is 50.3 Å². The summed E-state index contributed by atoms with van der Waals surface area (Å²) in [7, 11) is -1.30. The summed E-state index contributed by atoms with van der Waals surface area (Å²) < 4.78 is 25.8. The van der Waals surface area contributed by atoms with E-state index >= 15 is 0 Å². The van der Waals surface area contributed by atoms with Gasteiger partial charge >= 0.3 is 0 Å². The second-order valence-corrected chi connectivity index (χ2v) is 14.2. The summed E-state index contributed by atoms with van der Waals surface area (Å²) in [4.78, 5) is 16.7. The predicted molar refractivity (Wildman–Crippen MR) is 168 cm³/mol. The fourth-order valence-corrected chi connectivity index (χ4v) is 6.84. The van der Waals surface area contributed by atoms with E-state index in [0.717, 1.165) is 37.4 Å². The van der Waals surface area contributed by atoms with Crippen LogP contribution >= 0.6 is 11.6 Å². The van der Waals surface area contributed by atoms with E-state index < -0.39 is 15.1 Å². The Morgan fingerprint density at radius 3 is 2.34 bits per heavy atom. The van der Waals surface area contributed by atoms with Crippen molar-refractivity contribution in [1.82, 2.24) is 19.8 Å². The number of piperidine rings is 1. The van der Waals surface area contributed by atoms with E-state index in [-0.39, 0.29) is 4.90 Å². The lowest BCUT2D eigenvalue weighted by atomic mass is 10.0. The number of para-hydroxylation sites is 1. The number of anilines is 5. The van der Waals surface area contributed by atoms with Crippen molar-refractivity contribution in [2.75, 3.05) is 61.8 Å². The molecule has 0 radical (unpaired) electrons. The Hall–Kier alpha value is -2.92. The van der Waals surface area contributed by atoms with Crippen molar-refractivity contribution in [3.63, 3.8) is 0 Å². The van der Waals surface area contributed by atoms with E-state index in [1.54, 1.807) is 38.1 Å². The van der Waals surface area contributed by atoms with Gasteiger partial charge in [-0.2, -0.15) is 4.98 Å². The standard InChI is InChI=1S/C30H40ClN7O2S/c1-21(2)41(39,40)28-8-6-5-7-27(28)33-29-25(31)20-32-30(35-29)34-26-10-9-24(19-22(26)3)37-13-11-23(12-14-37)38-17-15-36(4)16-18-38/h5-10,19-21,23H,11-18H2,1-4H3,(H2,32,33,34,35). The molecular weight excluding hydrogens is 558 g/mol. The highest BCUT2D eigenvalue weighted by atomic mass is 35.5. The maximum Gasteiger partial charge on any atom is 0.229 e. The zero-order valence-corrected chi connectivity index (χ0v) is 25.8. The monoisotopic (exact) mass is 597 g/mol. The molecule has 0 bridgehead atoms. The van der Waals surface area contributed by atoms with Gasteiger partial charge in [-0.15, -0.1) is 0 Å². The van der Waals surface area contributed by atoms with Crippen molar-refractivity contribution in [2.24, 2.45) is 0 Å². The van der Waals surface area contributed by atoms with Crippen LogP contribution in [0.5, 0.6) is 0 Å². The van der Waals surface area contributed by atoms with E-state index in [1.807, 2.05) is 0 Å². The van der Waals surface area contributed by atoms with Crippen molar-refractivity contribution in [2.45, 2.75) is 49.8 Å². The number of nitrogens with one attached hydrogen (secondary N) is 2. The number of aryl methyl sites for hydroxylation is 1. The second-order valence-electron chi connectivity index (χ2n) is 11.3. The Kier molecular flexibility index (Phi) is 9.03. The van der Waals surface area contributed by atoms with Gasteiger partial charge in [-0.25, -0.2) is 13.4 Å². The number of aromatic nitrogens is 2. The Morgan fingerprint density at radius 1 is 0.951 bits per heavy atom. The second kappa shape index (κ2) is 12.5. The summed E-state index contributed by atoms with van der Waals surface area (Å²) >= 11 is 6.41. The molecule has 220 valence electrons. The number of sulfone groups is 1. The third-order valence-corrected chi connectivity index (χ3v) is 10.6. The smallest absolute Gasteiger partial charge is 0.229 e. The molecule has 5 rings (SSSR count). The van der Waals surface area contributed by atoms with Gasteiger partial charge in [-0.3, -0.25) is 4.90 Å². The molecule has 0 spiro atoms. The number of rotatable bonds is 8. The molecule has 3 heterocycles. The fourth-order valence-electron chi connectivity index (χ4n) is 5.50. The van der Waals surface area contributed by atoms with Gasteiger partial charge < -0.3 is 20.4 Å². The van der Waals surface area contributed by atoms with Crippen LogP contribution in [0.2, 0.25) is 5.02 Å². The van der Waals surface area contributed by atoms with Crippen molar-refractivity contribution in [3.05, 3.63) is 59.2 Å². The van der Waals surface area contributed by atoms with Crippen molar-refractivity contribution in [1.29, 1.82) is 0 Å². The minimum absolute atomic E-state index is 0.207. The molecule has 2 fully saturated rings. The van der Waals surface area contributed by atoms with Gasteiger partial charge in [-0.1, -0.05) is 23.7 Å². The molecule has 2 N–H and O–H groups in total. The van der Waals surface area contributed by atoms with Crippen LogP contribution in [-0.2, 0) is 9.84 Å². The van der Waals surface area contributed by atoms with Gasteiger partial charge in [-0.05, 0) is 76.6 Å². The minimum atomic E-state index is -3.50. The lowest BCUT2D eigenvalue weighted by Gasteiger charge is -2.42. The molecule has 41 heavy (non-hydrogen) atoms. The predicted octanol–water partition coefficient (Wildman–Crippen LogP) is 5.32. The molecule has 11 heteroatoms. The number of hydrogen-bond acceptors (Lipinski definition) is 9. The Balaban J connectivity index is 1.26. The van der Waals surface area contributed by atoms with Gasteiger partial charge in [0.1, 0.15) is 5.02 Å². The lowest BCUT2D eigenvalue weighted by molar-refractivity contribution is 0.0982. The molecule has 9 nitrogen and oxygen atoms in total. The van der Waals surface area contributed by atoms with Gasteiger partial charge in [0.05, 0.1) is 22.0 Å². The van der Waals surface area contributed by atoms with Crippen LogP contribution in [-0.4, -0.2) is 85.8 Å². The quantitative estimate of drug-likeness (QED) is 0.357. The first-order chi connectivity index (χ1) is 19.6. The van der Waals surface area contributed by atoms with Crippen LogP contribution in [0.3, 0.4) is 0 Å². The van der Waals surface area contributed by atoms with E-state index in [1.165, 1.54) is 37.8 Å². The van der Waals surface area contributed by atoms with Crippen molar-refractivity contribution < 1.29 is 8.42 Å². The van der Waals surface area contributed by atoms with Crippen LogP contribution in [0.15, 0.2) is 53.6 Å². The molecule has 0 amide bonds. The Labute approximate surface area is 248 Å². The third-order valence-electron chi connectivity index (χ3n) is 8.15. The molecule has 2 aliphatic rings. The van der Waals surface area contributed by atoms with Crippen LogP contribution in [0, 0.1) is 6.92 Å². The first-order valence-corrected chi connectivity index (χ1v) is 16.2. The average molecular weight is 598 g/mol. The first-order valence-electron chi connectivity index (χ1n) is 14.3. The average Bonchev–Trinajstić information content (AvgIpc) is 2.96. The maximum atomic E-state index is 12.9. The number of benzene rings is 2. The molecule has 0 atom stereocenters.